The maximum atomic E-state index is 11.6. The van der Waals surface area contributed by atoms with Gasteiger partial charge in [-0.25, -0.2) is 4.79 Å². The van der Waals surface area contributed by atoms with Crippen molar-refractivity contribution in [3.05, 3.63) is 24.3 Å². The molecule has 0 bridgehead atoms. The third kappa shape index (κ3) is 4.06. The van der Waals surface area contributed by atoms with Crippen LogP contribution in [0.3, 0.4) is 0 Å². The fourth-order valence-electron chi connectivity index (χ4n) is 1.23. The smallest absolute Gasteiger partial charge is 0.411 e. The van der Waals surface area contributed by atoms with Crippen LogP contribution in [0.5, 0.6) is 0 Å². The summed E-state index contributed by atoms with van der Waals surface area (Å²) in [6, 6.07) is 6.53. The molecule has 2 amide bonds. The molecule has 0 saturated carbocycles. The number of amides is 2. The topological polar surface area (TPSA) is 79.5 Å². The second kappa shape index (κ2) is 6.61. The van der Waals surface area contributed by atoms with E-state index in [-0.39, 0.29) is 11.9 Å². The highest BCUT2D eigenvalue weighted by Gasteiger charge is 2.10. The number of nitrogens with one attached hydrogen (secondary N) is 3. The van der Waals surface area contributed by atoms with Gasteiger partial charge >= 0.3 is 6.09 Å². The summed E-state index contributed by atoms with van der Waals surface area (Å²) < 4.78 is 4.48. The van der Waals surface area contributed by atoms with Gasteiger partial charge < -0.3 is 15.4 Å². The van der Waals surface area contributed by atoms with Crippen LogP contribution < -0.4 is 16.0 Å². The molecule has 1 atom stereocenters. The first-order chi connectivity index (χ1) is 8.56. The minimum absolute atomic E-state index is 0.146. The van der Waals surface area contributed by atoms with Crippen molar-refractivity contribution in [2.24, 2.45) is 0 Å². The van der Waals surface area contributed by atoms with Crippen LogP contribution in [-0.2, 0) is 9.53 Å². The molecule has 0 aliphatic heterocycles. The predicted octanol–water partition coefficient (Wildman–Crippen LogP) is 1.41. The zero-order chi connectivity index (χ0) is 13.5. The molecule has 0 aromatic heterocycles. The van der Waals surface area contributed by atoms with Gasteiger partial charge in [0.05, 0.1) is 13.2 Å². The number of carbonyl (C=O) groups excluding carboxylic acids is 2. The first-order valence-electron chi connectivity index (χ1n) is 5.50. The Morgan fingerprint density at radius 1 is 1.22 bits per heavy atom. The molecule has 18 heavy (non-hydrogen) atoms. The van der Waals surface area contributed by atoms with Crippen molar-refractivity contribution in [3.8, 4) is 0 Å². The number of carbonyl (C=O) groups is 2. The van der Waals surface area contributed by atoms with Crippen LogP contribution in [-0.4, -0.2) is 32.2 Å². The van der Waals surface area contributed by atoms with Crippen LogP contribution in [0.1, 0.15) is 6.92 Å². The average Bonchev–Trinajstić information content (AvgIpc) is 2.37. The average molecular weight is 251 g/mol. The van der Waals surface area contributed by atoms with E-state index in [0.717, 1.165) is 0 Å². The summed E-state index contributed by atoms with van der Waals surface area (Å²) >= 11 is 0. The van der Waals surface area contributed by atoms with Gasteiger partial charge in [-0.05, 0) is 32.2 Å². The Balaban J connectivity index is 2.70. The standard InChI is InChI=1S/C12H17N3O3/c1-8(13-2)11(16)14-9-5-4-6-10(7-9)15-12(17)18-3/h4-8,13H,1-3H3,(H,14,16)(H,15,17). The Morgan fingerprint density at radius 2 is 1.83 bits per heavy atom. The molecule has 0 radical (unpaired) electrons. The summed E-state index contributed by atoms with van der Waals surface area (Å²) in [6.07, 6.45) is -0.554. The lowest BCUT2D eigenvalue weighted by Crippen LogP contribution is -2.35. The van der Waals surface area contributed by atoms with Gasteiger partial charge in [-0.2, -0.15) is 0 Å². The fraction of sp³-hybridized carbons (Fsp3) is 0.333. The number of rotatable bonds is 4. The van der Waals surface area contributed by atoms with E-state index >= 15 is 0 Å². The lowest BCUT2D eigenvalue weighted by atomic mass is 10.2. The zero-order valence-electron chi connectivity index (χ0n) is 10.6. The summed E-state index contributed by atoms with van der Waals surface area (Å²) in [5.41, 5.74) is 1.16. The highest BCUT2D eigenvalue weighted by atomic mass is 16.5. The lowest BCUT2D eigenvalue weighted by Gasteiger charge is -2.12. The Morgan fingerprint density at radius 3 is 2.39 bits per heavy atom. The Hall–Kier alpha value is -2.08. The van der Waals surface area contributed by atoms with E-state index in [0.29, 0.717) is 11.4 Å². The molecule has 1 aromatic carbocycles. The van der Waals surface area contributed by atoms with Crippen molar-refractivity contribution in [2.45, 2.75) is 13.0 Å². The summed E-state index contributed by atoms with van der Waals surface area (Å²) in [5, 5.41) is 8.09. The highest BCUT2D eigenvalue weighted by Crippen LogP contribution is 2.15. The van der Waals surface area contributed by atoms with Crippen molar-refractivity contribution in [1.29, 1.82) is 0 Å². The van der Waals surface area contributed by atoms with E-state index in [4.69, 9.17) is 0 Å². The van der Waals surface area contributed by atoms with Gasteiger partial charge in [-0.1, -0.05) is 6.07 Å². The first-order valence-corrected chi connectivity index (χ1v) is 5.50. The van der Waals surface area contributed by atoms with Gasteiger partial charge in [0.15, 0.2) is 0 Å². The minimum Gasteiger partial charge on any atom is -0.453 e. The maximum absolute atomic E-state index is 11.6. The predicted molar refractivity (Wildman–Crippen MR) is 69.6 cm³/mol. The van der Waals surface area contributed by atoms with Crippen molar-refractivity contribution >= 4 is 23.4 Å². The molecule has 0 aliphatic rings. The molecule has 0 spiro atoms. The van der Waals surface area contributed by atoms with Crippen molar-refractivity contribution in [1.82, 2.24) is 5.32 Å². The number of likely N-dealkylation sites (N-methyl/N-ethyl adjacent to an activating group) is 1. The number of ether oxygens (including phenoxy) is 1. The van der Waals surface area contributed by atoms with E-state index in [1.807, 2.05) is 0 Å². The monoisotopic (exact) mass is 251 g/mol. The first kappa shape index (κ1) is 14.0. The largest absolute Gasteiger partial charge is 0.453 e. The lowest BCUT2D eigenvalue weighted by molar-refractivity contribution is -0.117. The van der Waals surface area contributed by atoms with Crippen LogP contribution in [0.4, 0.5) is 16.2 Å². The summed E-state index contributed by atoms with van der Waals surface area (Å²) in [7, 11) is 3.00. The normalized spacial score (nSPS) is 11.5. The van der Waals surface area contributed by atoms with E-state index in [9.17, 15) is 9.59 Å². The van der Waals surface area contributed by atoms with Gasteiger partial charge in [-0.3, -0.25) is 10.1 Å². The highest BCUT2D eigenvalue weighted by molar-refractivity contribution is 5.95. The summed E-state index contributed by atoms with van der Waals surface area (Å²) in [5.74, 6) is -0.146. The van der Waals surface area contributed by atoms with E-state index in [1.165, 1.54) is 7.11 Å². The Kier molecular flexibility index (Phi) is 5.13. The van der Waals surface area contributed by atoms with Gasteiger partial charge in [0.25, 0.3) is 0 Å². The third-order valence-electron chi connectivity index (χ3n) is 2.39. The molecule has 1 rings (SSSR count). The second-order valence-electron chi connectivity index (χ2n) is 3.70. The molecular formula is C12H17N3O3. The van der Waals surface area contributed by atoms with Gasteiger partial charge in [-0.15, -0.1) is 0 Å². The number of hydrogen-bond acceptors (Lipinski definition) is 4. The molecule has 3 N–H and O–H groups in total. The molecule has 0 aliphatic carbocycles. The van der Waals surface area contributed by atoms with Gasteiger partial charge in [0.1, 0.15) is 0 Å². The summed E-state index contributed by atoms with van der Waals surface area (Å²) in [4.78, 5) is 22.7. The molecule has 0 saturated heterocycles. The molecule has 6 heteroatoms. The molecule has 6 nitrogen and oxygen atoms in total. The van der Waals surface area contributed by atoms with Gasteiger partial charge in [0, 0.05) is 11.4 Å². The number of methoxy groups -OCH3 is 1. The fourth-order valence-corrected chi connectivity index (χ4v) is 1.23. The molecule has 1 unspecified atom stereocenters. The quantitative estimate of drug-likeness (QED) is 0.756. The van der Waals surface area contributed by atoms with Crippen LogP contribution in [0.2, 0.25) is 0 Å². The molecule has 0 heterocycles. The van der Waals surface area contributed by atoms with Crippen molar-refractivity contribution in [3.63, 3.8) is 0 Å². The summed E-state index contributed by atoms with van der Waals surface area (Å²) in [6.45, 7) is 1.76. The zero-order valence-corrected chi connectivity index (χ0v) is 10.6. The molecule has 0 fully saturated rings. The number of anilines is 2. The van der Waals surface area contributed by atoms with Crippen LogP contribution >= 0.6 is 0 Å². The second-order valence-corrected chi connectivity index (χ2v) is 3.70. The number of benzene rings is 1. The van der Waals surface area contributed by atoms with Crippen LogP contribution in [0, 0.1) is 0 Å². The van der Waals surface area contributed by atoms with Crippen LogP contribution in [0.15, 0.2) is 24.3 Å². The Labute approximate surface area is 106 Å². The van der Waals surface area contributed by atoms with E-state index < -0.39 is 6.09 Å². The molecule has 98 valence electrons. The SMILES string of the molecule is CNC(C)C(=O)Nc1cccc(NC(=O)OC)c1. The Bertz CT molecular complexity index is 434. The third-order valence-corrected chi connectivity index (χ3v) is 2.39. The van der Waals surface area contributed by atoms with Gasteiger partial charge in [0.2, 0.25) is 5.91 Å². The van der Waals surface area contributed by atoms with Crippen LogP contribution in [0.25, 0.3) is 0 Å². The maximum Gasteiger partial charge on any atom is 0.411 e. The molecular weight excluding hydrogens is 234 g/mol. The minimum atomic E-state index is -0.554. The van der Waals surface area contributed by atoms with E-state index in [2.05, 4.69) is 20.7 Å². The molecule has 1 aromatic rings. The van der Waals surface area contributed by atoms with E-state index in [1.54, 1.807) is 38.2 Å². The number of hydrogen-bond donors (Lipinski definition) is 3. The van der Waals surface area contributed by atoms with Crippen molar-refractivity contribution < 1.29 is 14.3 Å². The van der Waals surface area contributed by atoms with Crippen molar-refractivity contribution in [2.75, 3.05) is 24.8 Å².